The van der Waals surface area contributed by atoms with Gasteiger partial charge >= 0.3 is 45.5 Å². The van der Waals surface area contributed by atoms with Crippen molar-refractivity contribution in [2.45, 2.75) is 24.7 Å². The van der Waals surface area contributed by atoms with Gasteiger partial charge in [0.25, 0.3) is 0 Å². The molecule has 4 aromatic rings. The first-order valence-corrected chi connectivity index (χ1v) is 15.2. The molecule has 0 aliphatic rings. The van der Waals surface area contributed by atoms with Crippen LogP contribution in [0.3, 0.4) is 0 Å². The molecule has 0 atom stereocenters. The fourth-order valence-electron chi connectivity index (χ4n) is 6.17. The Labute approximate surface area is 303 Å². The van der Waals surface area contributed by atoms with Crippen LogP contribution < -0.4 is 0 Å². The summed E-state index contributed by atoms with van der Waals surface area (Å²) in [5.74, 6) is -3.10. The SMILES string of the molecule is O=[N+]([O-])c1cccc(C(CCOCCC(c2cccc([N+](=O)[O-])c2[N+](=O)[O-])c2cccc([N+](=O)[O-])c2[N+](=O)[O-])c2cccc([N+](=O)[O-])c2[N+](=O)[O-])c1[N+](=O)[O-]. The lowest BCUT2D eigenvalue weighted by molar-refractivity contribution is -0.423. The van der Waals surface area contributed by atoms with Gasteiger partial charge in [-0.05, 0) is 12.8 Å². The lowest BCUT2D eigenvalue weighted by atomic mass is 9.85. The molecular weight excluding hydrogens is 744 g/mol. The Hall–Kier alpha value is -7.96. The van der Waals surface area contributed by atoms with Gasteiger partial charge < -0.3 is 4.74 Å². The van der Waals surface area contributed by atoms with E-state index in [9.17, 15) is 80.9 Å². The van der Waals surface area contributed by atoms with Gasteiger partial charge in [-0.25, -0.2) is 0 Å². The van der Waals surface area contributed by atoms with Crippen LogP contribution in [0.2, 0.25) is 0 Å². The molecule has 0 radical (unpaired) electrons. The van der Waals surface area contributed by atoms with Gasteiger partial charge in [-0.3, -0.25) is 80.9 Å². The molecule has 0 aliphatic heterocycles. The van der Waals surface area contributed by atoms with Gasteiger partial charge in [0.15, 0.2) is 0 Å². The number of hydrogen-bond donors (Lipinski definition) is 0. The van der Waals surface area contributed by atoms with E-state index < -0.39 is 145 Å². The number of hydrogen-bond acceptors (Lipinski definition) is 17. The van der Waals surface area contributed by atoms with Crippen molar-refractivity contribution in [3.8, 4) is 0 Å². The van der Waals surface area contributed by atoms with Gasteiger partial charge in [-0.1, -0.05) is 48.5 Å². The summed E-state index contributed by atoms with van der Waals surface area (Å²) in [6.07, 6.45) is -0.967. The Bertz CT molecular complexity index is 1970. The van der Waals surface area contributed by atoms with Crippen molar-refractivity contribution in [2.24, 2.45) is 0 Å². The van der Waals surface area contributed by atoms with Gasteiger partial charge in [0.2, 0.25) is 0 Å². The number of rotatable bonds is 18. The van der Waals surface area contributed by atoms with Crippen molar-refractivity contribution in [3.63, 3.8) is 0 Å². The highest BCUT2D eigenvalue weighted by atomic mass is 16.7. The van der Waals surface area contributed by atoms with E-state index in [0.29, 0.717) is 0 Å². The van der Waals surface area contributed by atoms with Crippen LogP contribution >= 0.6 is 0 Å². The average molecular weight is 767 g/mol. The summed E-state index contributed by atoms with van der Waals surface area (Å²) in [7, 11) is 0. The standard InChI is InChI=1S/C30H22N8O17/c39-31(40)23-9-1-5-19(27(23)35(47)48)17(20-6-2-10-24(32(41)42)28(20)36(49)50)13-15-55-16-14-18(21-7-3-11-25(33(43)44)29(21)37(51)52)22-8-4-12-26(34(45)46)30(22)38(53)54/h1-12,17-18H,13-16H2. The molecule has 0 saturated carbocycles. The number of ether oxygens (including phenoxy) is 1. The van der Waals surface area contributed by atoms with Crippen LogP contribution in [-0.2, 0) is 4.74 Å². The molecule has 0 heterocycles. The number of nitrogens with zero attached hydrogens (tertiary/aromatic N) is 8. The molecule has 284 valence electrons. The molecule has 0 N–H and O–H groups in total. The third-order valence-corrected chi connectivity index (χ3v) is 8.30. The predicted octanol–water partition coefficient (Wildman–Crippen LogP) is 6.71. The van der Waals surface area contributed by atoms with Crippen LogP contribution in [0.4, 0.5) is 45.5 Å². The molecule has 25 heteroatoms. The molecule has 25 nitrogen and oxygen atoms in total. The van der Waals surface area contributed by atoms with E-state index in [4.69, 9.17) is 4.74 Å². The summed E-state index contributed by atoms with van der Waals surface area (Å²) in [4.78, 5) is 86.7. The molecule has 0 bridgehead atoms. The summed E-state index contributed by atoms with van der Waals surface area (Å²) >= 11 is 0. The van der Waals surface area contributed by atoms with Crippen LogP contribution in [0.25, 0.3) is 0 Å². The second-order valence-corrected chi connectivity index (χ2v) is 11.2. The lowest BCUT2D eigenvalue weighted by Gasteiger charge is -2.20. The highest BCUT2D eigenvalue weighted by Crippen LogP contribution is 2.46. The van der Waals surface area contributed by atoms with E-state index in [1.165, 1.54) is 0 Å². The van der Waals surface area contributed by atoms with Crippen LogP contribution in [0.15, 0.2) is 72.8 Å². The van der Waals surface area contributed by atoms with Crippen LogP contribution in [0.5, 0.6) is 0 Å². The molecule has 4 aromatic carbocycles. The Morgan fingerprint density at radius 1 is 0.364 bits per heavy atom. The fourth-order valence-corrected chi connectivity index (χ4v) is 6.17. The summed E-state index contributed by atoms with van der Waals surface area (Å²) in [6, 6.07) is 11.6. The summed E-state index contributed by atoms with van der Waals surface area (Å²) in [5, 5.41) is 95.4. The maximum Gasteiger partial charge on any atom is 0.349 e. The van der Waals surface area contributed by atoms with Crippen molar-refractivity contribution >= 4 is 45.5 Å². The van der Waals surface area contributed by atoms with Crippen molar-refractivity contribution < 1.29 is 44.1 Å². The smallest absolute Gasteiger partial charge is 0.349 e. The summed E-state index contributed by atoms with van der Waals surface area (Å²) in [6.45, 7) is -1.07. The predicted molar refractivity (Wildman–Crippen MR) is 183 cm³/mol. The Kier molecular flexibility index (Phi) is 12.0. The molecule has 0 saturated heterocycles. The van der Waals surface area contributed by atoms with E-state index >= 15 is 0 Å². The first kappa shape index (κ1) is 39.8. The Morgan fingerprint density at radius 3 is 0.764 bits per heavy atom. The zero-order valence-corrected chi connectivity index (χ0v) is 27.4. The molecule has 0 spiro atoms. The highest BCUT2D eigenvalue weighted by Gasteiger charge is 2.40. The van der Waals surface area contributed by atoms with Crippen molar-refractivity contribution in [1.29, 1.82) is 0 Å². The molecule has 0 aliphatic carbocycles. The molecule has 0 fully saturated rings. The second-order valence-electron chi connectivity index (χ2n) is 11.2. The van der Waals surface area contributed by atoms with Crippen LogP contribution in [-0.4, -0.2) is 52.6 Å². The normalized spacial score (nSPS) is 10.9. The first-order chi connectivity index (χ1) is 26.0. The minimum Gasteiger partial charge on any atom is -0.381 e. The minimum atomic E-state index is -1.55. The minimum absolute atomic E-state index is 0.455. The molecule has 4 rings (SSSR count). The van der Waals surface area contributed by atoms with Crippen LogP contribution in [0.1, 0.15) is 46.9 Å². The number of nitro benzene ring substituents is 8. The fraction of sp³-hybridized carbons (Fsp3) is 0.200. The topological polar surface area (TPSA) is 354 Å². The highest BCUT2D eigenvalue weighted by molar-refractivity contribution is 5.67. The first-order valence-electron chi connectivity index (χ1n) is 15.2. The Morgan fingerprint density at radius 2 is 0.582 bits per heavy atom. The largest absolute Gasteiger partial charge is 0.381 e. The van der Waals surface area contributed by atoms with E-state index in [1.807, 2.05) is 0 Å². The van der Waals surface area contributed by atoms with Crippen LogP contribution in [0, 0.1) is 80.9 Å². The van der Waals surface area contributed by atoms with E-state index in [-0.39, 0.29) is 0 Å². The van der Waals surface area contributed by atoms with E-state index in [2.05, 4.69) is 0 Å². The molecule has 0 aromatic heterocycles. The average Bonchev–Trinajstić information content (AvgIpc) is 3.13. The van der Waals surface area contributed by atoms with E-state index in [1.54, 1.807) is 0 Å². The zero-order chi connectivity index (χ0) is 40.7. The van der Waals surface area contributed by atoms with Gasteiger partial charge in [0, 0.05) is 71.6 Å². The summed E-state index contributed by atoms with van der Waals surface area (Å²) < 4.78 is 5.68. The maximum absolute atomic E-state index is 12.1. The molecular formula is C30H22N8O17. The monoisotopic (exact) mass is 766 g/mol. The Balaban J connectivity index is 1.81. The second kappa shape index (κ2) is 16.6. The van der Waals surface area contributed by atoms with Crippen molar-refractivity contribution in [2.75, 3.05) is 13.2 Å². The van der Waals surface area contributed by atoms with Crippen molar-refractivity contribution in [3.05, 3.63) is 176 Å². The number of nitro groups is 8. The number of para-hydroxylation sites is 4. The quantitative estimate of drug-likeness (QED) is 0.0576. The maximum atomic E-state index is 12.1. The van der Waals surface area contributed by atoms with Gasteiger partial charge in [-0.15, -0.1) is 0 Å². The third kappa shape index (κ3) is 8.25. The summed E-state index contributed by atoms with van der Waals surface area (Å²) in [5.41, 5.74) is -10.1. The zero-order valence-electron chi connectivity index (χ0n) is 27.4. The molecule has 0 amide bonds. The van der Waals surface area contributed by atoms with Gasteiger partial charge in [-0.2, -0.15) is 0 Å². The van der Waals surface area contributed by atoms with E-state index in [0.717, 1.165) is 72.8 Å². The number of benzene rings is 4. The van der Waals surface area contributed by atoms with Gasteiger partial charge in [0.05, 0.1) is 39.4 Å². The third-order valence-electron chi connectivity index (χ3n) is 8.30. The van der Waals surface area contributed by atoms with Crippen molar-refractivity contribution in [1.82, 2.24) is 0 Å². The lowest BCUT2D eigenvalue weighted by Crippen LogP contribution is -2.14. The molecule has 0 unspecified atom stereocenters. The van der Waals surface area contributed by atoms with Gasteiger partial charge in [0.1, 0.15) is 0 Å². The molecule has 55 heavy (non-hydrogen) atoms.